The van der Waals surface area contributed by atoms with Gasteiger partial charge in [-0.15, -0.1) is 0 Å². The highest BCUT2D eigenvalue weighted by Gasteiger charge is 2.22. The van der Waals surface area contributed by atoms with E-state index in [9.17, 15) is 4.79 Å². The molecular formula is C17H26N4O2. The van der Waals surface area contributed by atoms with Crippen molar-refractivity contribution in [2.75, 3.05) is 27.2 Å². The van der Waals surface area contributed by atoms with Gasteiger partial charge in [-0.2, -0.15) is 0 Å². The van der Waals surface area contributed by atoms with E-state index in [1.165, 1.54) is 0 Å². The van der Waals surface area contributed by atoms with Gasteiger partial charge in [0, 0.05) is 26.2 Å². The predicted molar refractivity (Wildman–Crippen MR) is 91.6 cm³/mol. The summed E-state index contributed by atoms with van der Waals surface area (Å²) in [6.07, 6.45) is 2.18. The van der Waals surface area contributed by atoms with Crippen LogP contribution in [0.25, 0.3) is 0 Å². The van der Waals surface area contributed by atoms with Crippen LogP contribution in [0.2, 0.25) is 0 Å². The Morgan fingerprint density at radius 2 is 2.04 bits per heavy atom. The van der Waals surface area contributed by atoms with Crippen LogP contribution in [0.1, 0.15) is 25.3 Å². The number of hydrogen-bond acceptors (Lipinski definition) is 3. The van der Waals surface area contributed by atoms with Crippen LogP contribution in [0.5, 0.6) is 5.75 Å². The minimum atomic E-state index is -0.0132. The van der Waals surface area contributed by atoms with Gasteiger partial charge >= 0.3 is 0 Å². The third kappa shape index (κ3) is 5.81. The maximum Gasteiger partial charge on any atom is 0.242 e. The second-order valence-corrected chi connectivity index (χ2v) is 5.72. The molecule has 23 heavy (non-hydrogen) atoms. The lowest BCUT2D eigenvalue weighted by molar-refractivity contribution is -0.119. The third-order valence-electron chi connectivity index (χ3n) is 3.59. The zero-order chi connectivity index (χ0) is 16.7. The van der Waals surface area contributed by atoms with Gasteiger partial charge < -0.3 is 20.3 Å². The monoisotopic (exact) mass is 318 g/mol. The number of nitrogens with zero attached hydrogens (tertiary/aromatic N) is 2. The average Bonchev–Trinajstić information content (AvgIpc) is 3.36. The lowest BCUT2D eigenvalue weighted by Gasteiger charge is -2.22. The first-order valence-electron chi connectivity index (χ1n) is 8.04. The van der Waals surface area contributed by atoms with E-state index in [1.807, 2.05) is 43.1 Å². The van der Waals surface area contributed by atoms with Gasteiger partial charge in [-0.1, -0.05) is 12.1 Å². The molecule has 1 saturated carbocycles. The van der Waals surface area contributed by atoms with Crippen molar-refractivity contribution in [3.05, 3.63) is 29.8 Å². The van der Waals surface area contributed by atoms with Crippen LogP contribution in [0.3, 0.4) is 0 Å². The number of methoxy groups -OCH3 is 1. The molecule has 1 fully saturated rings. The van der Waals surface area contributed by atoms with Gasteiger partial charge in [0.25, 0.3) is 0 Å². The van der Waals surface area contributed by atoms with Crippen molar-refractivity contribution in [3.8, 4) is 5.75 Å². The molecule has 0 spiro atoms. The Balaban J connectivity index is 1.92. The number of aliphatic imine (C=N–C) groups is 1. The number of hydrogen-bond donors (Lipinski definition) is 2. The van der Waals surface area contributed by atoms with E-state index >= 15 is 0 Å². The number of guanidine groups is 1. The fourth-order valence-corrected chi connectivity index (χ4v) is 2.20. The molecular weight excluding hydrogens is 292 g/mol. The highest BCUT2D eigenvalue weighted by atomic mass is 16.5. The summed E-state index contributed by atoms with van der Waals surface area (Å²) >= 11 is 0. The molecule has 1 aliphatic rings. The normalized spacial score (nSPS) is 14.3. The molecule has 0 atom stereocenters. The molecule has 6 nitrogen and oxygen atoms in total. The van der Waals surface area contributed by atoms with Crippen molar-refractivity contribution >= 4 is 11.9 Å². The van der Waals surface area contributed by atoms with Crippen LogP contribution < -0.4 is 15.4 Å². The summed E-state index contributed by atoms with van der Waals surface area (Å²) in [5.41, 5.74) is 1.15. The summed E-state index contributed by atoms with van der Waals surface area (Å²) in [6, 6.07) is 8.31. The molecule has 0 aromatic heterocycles. The van der Waals surface area contributed by atoms with Gasteiger partial charge in [0.05, 0.1) is 7.11 Å². The second kappa shape index (κ2) is 8.41. The van der Waals surface area contributed by atoms with Crippen LogP contribution in [0.15, 0.2) is 29.3 Å². The minimum Gasteiger partial charge on any atom is -0.497 e. The van der Waals surface area contributed by atoms with E-state index in [4.69, 9.17) is 4.74 Å². The number of nitrogens with one attached hydrogen (secondary N) is 2. The Bertz CT molecular complexity index is 538. The molecule has 0 heterocycles. The molecule has 126 valence electrons. The number of rotatable bonds is 7. The first-order valence-corrected chi connectivity index (χ1v) is 8.04. The summed E-state index contributed by atoms with van der Waals surface area (Å²) in [4.78, 5) is 18.2. The summed E-state index contributed by atoms with van der Waals surface area (Å²) < 4.78 is 5.17. The molecule has 1 aromatic rings. The maximum atomic E-state index is 11.8. The Morgan fingerprint density at radius 3 is 2.61 bits per heavy atom. The Hall–Kier alpha value is -2.24. The van der Waals surface area contributed by atoms with Crippen molar-refractivity contribution in [2.45, 2.75) is 32.4 Å². The zero-order valence-corrected chi connectivity index (χ0v) is 14.1. The van der Waals surface area contributed by atoms with Crippen molar-refractivity contribution in [1.82, 2.24) is 15.5 Å². The third-order valence-corrected chi connectivity index (χ3v) is 3.59. The number of ether oxygens (including phenoxy) is 1. The Labute approximate surface area is 137 Å². The van der Waals surface area contributed by atoms with E-state index < -0.39 is 0 Å². The summed E-state index contributed by atoms with van der Waals surface area (Å²) in [5.74, 6) is 1.56. The van der Waals surface area contributed by atoms with Gasteiger partial charge in [0.15, 0.2) is 5.96 Å². The summed E-state index contributed by atoms with van der Waals surface area (Å²) in [6.45, 7) is 3.64. The van der Waals surface area contributed by atoms with E-state index in [1.54, 1.807) is 7.11 Å². The maximum absolute atomic E-state index is 11.8. The van der Waals surface area contributed by atoms with Crippen LogP contribution in [-0.2, 0) is 11.3 Å². The summed E-state index contributed by atoms with van der Waals surface area (Å²) in [5, 5.41) is 6.17. The van der Waals surface area contributed by atoms with Gasteiger partial charge in [-0.05, 0) is 37.5 Å². The molecule has 2 N–H and O–H groups in total. The highest BCUT2D eigenvalue weighted by Crippen LogP contribution is 2.18. The molecule has 1 aromatic carbocycles. The minimum absolute atomic E-state index is 0.0132. The zero-order valence-electron chi connectivity index (χ0n) is 14.1. The molecule has 0 saturated heterocycles. The summed E-state index contributed by atoms with van der Waals surface area (Å²) in [7, 11) is 3.62. The van der Waals surface area contributed by atoms with Crippen molar-refractivity contribution in [1.29, 1.82) is 0 Å². The van der Waals surface area contributed by atoms with Crippen LogP contribution >= 0.6 is 0 Å². The molecule has 6 heteroatoms. The van der Waals surface area contributed by atoms with Gasteiger partial charge in [-0.25, -0.2) is 4.99 Å². The quantitative estimate of drug-likeness (QED) is 0.589. The van der Waals surface area contributed by atoms with Crippen LogP contribution in [0.4, 0.5) is 0 Å². The molecule has 2 rings (SSSR count). The number of amides is 1. The van der Waals surface area contributed by atoms with E-state index in [0.717, 1.165) is 36.7 Å². The molecule has 0 bridgehead atoms. The smallest absolute Gasteiger partial charge is 0.242 e. The second-order valence-electron chi connectivity index (χ2n) is 5.72. The SMILES string of the molecule is CCNC(=NCC(=O)NC1CC1)N(C)Cc1ccc(OC)cc1. The molecule has 1 aliphatic carbocycles. The largest absolute Gasteiger partial charge is 0.497 e. The number of carbonyl (C=O) groups is 1. The first kappa shape index (κ1) is 17.1. The topological polar surface area (TPSA) is 66.0 Å². The van der Waals surface area contributed by atoms with E-state index in [0.29, 0.717) is 12.6 Å². The standard InChI is InChI=1S/C17H26N4O2/c1-4-18-17(19-11-16(22)20-14-7-8-14)21(2)12-13-5-9-15(23-3)10-6-13/h5-6,9-10,14H,4,7-8,11-12H2,1-3H3,(H,18,19)(H,20,22). The molecule has 1 amide bonds. The lowest BCUT2D eigenvalue weighted by atomic mass is 10.2. The van der Waals surface area contributed by atoms with Gasteiger partial charge in [0.1, 0.15) is 12.3 Å². The fraction of sp³-hybridized carbons (Fsp3) is 0.529. The Kier molecular flexibility index (Phi) is 6.26. The van der Waals surface area contributed by atoms with Crippen LogP contribution in [0, 0.1) is 0 Å². The van der Waals surface area contributed by atoms with Crippen molar-refractivity contribution < 1.29 is 9.53 Å². The highest BCUT2D eigenvalue weighted by molar-refractivity contribution is 5.85. The first-order chi connectivity index (χ1) is 11.1. The molecule has 0 aliphatic heterocycles. The van der Waals surface area contributed by atoms with Crippen molar-refractivity contribution in [3.63, 3.8) is 0 Å². The van der Waals surface area contributed by atoms with Crippen LogP contribution in [-0.4, -0.2) is 50.1 Å². The van der Waals surface area contributed by atoms with E-state index in [-0.39, 0.29) is 12.5 Å². The van der Waals surface area contributed by atoms with Gasteiger partial charge in [-0.3, -0.25) is 4.79 Å². The number of benzene rings is 1. The predicted octanol–water partition coefficient (Wildman–Crippen LogP) is 1.37. The van der Waals surface area contributed by atoms with Gasteiger partial charge in [0.2, 0.25) is 5.91 Å². The molecule has 0 radical (unpaired) electrons. The average molecular weight is 318 g/mol. The van der Waals surface area contributed by atoms with Crippen molar-refractivity contribution in [2.24, 2.45) is 4.99 Å². The lowest BCUT2D eigenvalue weighted by Crippen LogP contribution is -2.39. The number of carbonyl (C=O) groups excluding carboxylic acids is 1. The molecule has 0 unspecified atom stereocenters. The fourth-order valence-electron chi connectivity index (χ4n) is 2.20. The Morgan fingerprint density at radius 1 is 1.35 bits per heavy atom. The van der Waals surface area contributed by atoms with E-state index in [2.05, 4.69) is 15.6 Å².